The predicted octanol–water partition coefficient (Wildman–Crippen LogP) is 7.41. The van der Waals surface area contributed by atoms with Crippen LogP contribution in [0.5, 0.6) is 51.7 Å². The Kier molecular flexibility index (Phi) is 7.74. The van der Waals surface area contributed by atoms with E-state index in [9.17, 15) is 46.0 Å². The maximum absolute atomic E-state index is 10.5. The number of rotatable bonds is 6. The van der Waals surface area contributed by atoms with Gasteiger partial charge in [-0.15, -0.1) is 0 Å². The molecule has 0 radical (unpaired) electrons. The number of phenolic OH excluding ortho intramolecular Hbond substituents is 9. The van der Waals surface area contributed by atoms with Gasteiger partial charge in [0.25, 0.3) is 0 Å². The standard InChI is InChI=1S/C33H36O9/c1-13(2)25-28(16-7-19(34)31(40)20(35)8-16)26(14(3)4)30(18-11-23(38)33(42)24(39)12-18)27(15(5)6)29(25)17-9-21(36)32(41)22(37)10-17/h7-15,34-42H,1-6H3. The molecule has 4 aromatic carbocycles. The van der Waals surface area contributed by atoms with Gasteiger partial charge in [-0.2, -0.15) is 0 Å². The summed E-state index contributed by atoms with van der Waals surface area (Å²) in [6.45, 7) is 11.6. The third-order valence-corrected chi connectivity index (χ3v) is 7.42. The lowest BCUT2D eigenvalue weighted by Gasteiger charge is -2.32. The molecule has 4 aromatic rings. The van der Waals surface area contributed by atoms with E-state index in [1.54, 1.807) is 0 Å². The Balaban J connectivity index is 2.41. The van der Waals surface area contributed by atoms with Crippen molar-refractivity contribution in [2.24, 2.45) is 0 Å². The average Bonchev–Trinajstić information content (AvgIpc) is 2.90. The van der Waals surface area contributed by atoms with Crippen LogP contribution in [0.25, 0.3) is 33.4 Å². The molecule has 0 aromatic heterocycles. The third-order valence-electron chi connectivity index (χ3n) is 7.42. The Labute approximate surface area is 243 Å². The van der Waals surface area contributed by atoms with E-state index < -0.39 is 51.7 Å². The summed E-state index contributed by atoms with van der Waals surface area (Å²) >= 11 is 0. The second-order valence-corrected chi connectivity index (χ2v) is 11.4. The fraction of sp³-hybridized carbons (Fsp3) is 0.273. The molecule has 0 saturated heterocycles. The molecule has 0 aliphatic heterocycles. The van der Waals surface area contributed by atoms with Crippen LogP contribution < -0.4 is 0 Å². The highest BCUT2D eigenvalue weighted by Gasteiger charge is 2.32. The minimum atomic E-state index is -0.683. The lowest BCUT2D eigenvalue weighted by atomic mass is 9.71. The first-order valence-electron chi connectivity index (χ1n) is 13.6. The first-order chi connectivity index (χ1) is 19.6. The Bertz CT molecular complexity index is 1410. The number of hydrogen-bond donors (Lipinski definition) is 9. The highest BCUT2D eigenvalue weighted by atomic mass is 16.3. The Morgan fingerprint density at radius 3 is 0.643 bits per heavy atom. The van der Waals surface area contributed by atoms with Crippen LogP contribution in [0.15, 0.2) is 36.4 Å². The van der Waals surface area contributed by atoms with Crippen LogP contribution in [0.4, 0.5) is 0 Å². The molecule has 0 aliphatic carbocycles. The molecule has 0 aliphatic rings. The van der Waals surface area contributed by atoms with Crippen molar-refractivity contribution in [2.75, 3.05) is 0 Å². The van der Waals surface area contributed by atoms with Crippen molar-refractivity contribution in [1.29, 1.82) is 0 Å². The molecule has 42 heavy (non-hydrogen) atoms. The van der Waals surface area contributed by atoms with E-state index in [0.29, 0.717) is 50.1 Å². The van der Waals surface area contributed by atoms with Crippen LogP contribution in [-0.4, -0.2) is 46.0 Å². The fourth-order valence-electron chi connectivity index (χ4n) is 5.72. The van der Waals surface area contributed by atoms with Gasteiger partial charge in [-0.05, 0) is 104 Å². The van der Waals surface area contributed by atoms with Gasteiger partial charge in [0.1, 0.15) is 0 Å². The minimum Gasteiger partial charge on any atom is -0.504 e. The Hall–Kier alpha value is -4.92. The van der Waals surface area contributed by atoms with Gasteiger partial charge in [0.15, 0.2) is 51.7 Å². The van der Waals surface area contributed by atoms with Gasteiger partial charge in [-0.3, -0.25) is 0 Å². The van der Waals surface area contributed by atoms with Crippen LogP contribution in [0.3, 0.4) is 0 Å². The first-order valence-corrected chi connectivity index (χ1v) is 13.6. The van der Waals surface area contributed by atoms with Gasteiger partial charge in [0.2, 0.25) is 0 Å². The summed E-state index contributed by atoms with van der Waals surface area (Å²) in [6, 6.07) is 7.93. The lowest BCUT2D eigenvalue weighted by molar-refractivity contribution is 0.368. The van der Waals surface area contributed by atoms with E-state index in [1.165, 1.54) is 36.4 Å². The highest BCUT2D eigenvalue weighted by molar-refractivity contribution is 5.95. The summed E-state index contributed by atoms with van der Waals surface area (Å²) in [4.78, 5) is 0. The molecule has 4 rings (SSSR count). The number of hydrogen-bond acceptors (Lipinski definition) is 9. The summed E-state index contributed by atoms with van der Waals surface area (Å²) in [6.07, 6.45) is 0. The van der Waals surface area contributed by atoms with Gasteiger partial charge >= 0.3 is 0 Å². The van der Waals surface area contributed by atoms with E-state index in [4.69, 9.17) is 0 Å². The van der Waals surface area contributed by atoms with Crippen molar-refractivity contribution in [3.63, 3.8) is 0 Å². The van der Waals surface area contributed by atoms with Crippen LogP contribution >= 0.6 is 0 Å². The minimum absolute atomic E-state index is 0.225. The SMILES string of the molecule is CC(C)c1c(-c2cc(O)c(O)c(O)c2)c(C(C)C)c(-c2cc(O)c(O)c(O)c2)c(C(C)C)c1-c1cc(O)c(O)c(O)c1. The van der Waals surface area contributed by atoms with Crippen molar-refractivity contribution in [3.05, 3.63) is 53.1 Å². The normalized spacial score (nSPS) is 11.6. The number of aromatic hydroxyl groups is 9. The van der Waals surface area contributed by atoms with Crippen molar-refractivity contribution in [3.8, 4) is 85.1 Å². The number of benzene rings is 4. The second kappa shape index (κ2) is 10.8. The van der Waals surface area contributed by atoms with E-state index >= 15 is 0 Å². The molecule has 0 unspecified atom stereocenters. The monoisotopic (exact) mass is 576 g/mol. The maximum Gasteiger partial charge on any atom is 0.200 e. The van der Waals surface area contributed by atoms with Gasteiger partial charge in [-0.1, -0.05) is 41.5 Å². The van der Waals surface area contributed by atoms with Gasteiger partial charge in [0.05, 0.1) is 0 Å². The molecule has 0 fully saturated rings. The molecule has 9 heteroatoms. The highest BCUT2D eigenvalue weighted by Crippen LogP contribution is 2.55. The van der Waals surface area contributed by atoms with E-state index in [1.807, 2.05) is 41.5 Å². The quantitative estimate of drug-likeness (QED) is 0.106. The first kappa shape index (κ1) is 30.0. The van der Waals surface area contributed by atoms with Crippen molar-refractivity contribution in [1.82, 2.24) is 0 Å². The molecule has 222 valence electrons. The average molecular weight is 577 g/mol. The molecule has 0 atom stereocenters. The van der Waals surface area contributed by atoms with E-state index in [2.05, 4.69) is 0 Å². The van der Waals surface area contributed by atoms with E-state index in [-0.39, 0.29) is 17.8 Å². The molecule has 0 amide bonds. The van der Waals surface area contributed by atoms with Crippen LogP contribution in [0, 0.1) is 0 Å². The summed E-state index contributed by atoms with van der Waals surface area (Å²) in [7, 11) is 0. The molecule has 0 saturated carbocycles. The van der Waals surface area contributed by atoms with Crippen molar-refractivity contribution < 1.29 is 46.0 Å². The van der Waals surface area contributed by atoms with Gasteiger partial charge < -0.3 is 46.0 Å². The molecule has 9 nitrogen and oxygen atoms in total. The second-order valence-electron chi connectivity index (χ2n) is 11.4. The molecule has 0 bridgehead atoms. The summed E-state index contributed by atoms with van der Waals surface area (Å²) in [5.41, 5.74) is 4.91. The maximum atomic E-state index is 10.5. The summed E-state index contributed by atoms with van der Waals surface area (Å²) in [5.74, 6) is -6.03. The lowest BCUT2D eigenvalue weighted by Crippen LogP contribution is -2.11. The smallest absolute Gasteiger partial charge is 0.200 e. The molecule has 0 heterocycles. The van der Waals surface area contributed by atoms with Crippen molar-refractivity contribution >= 4 is 0 Å². The molecular formula is C33H36O9. The Morgan fingerprint density at radius 2 is 0.500 bits per heavy atom. The topological polar surface area (TPSA) is 182 Å². The zero-order valence-electron chi connectivity index (χ0n) is 24.2. The zero-order valence-corrected chi connectivity index (χ0v) is 24.2. The molecule has 9 N–H and O–H groups in total. The number of phenols is 9. The summed E-state index contributed by atoms with van der Waals surface area (Å²) < 4.78 is 0. The van der Waals surface area contributed by atoms with Gasteiger partial charge in [-0.25, -0.2) is 0 Å². The van der Waals surface area contributed by atoms with Crippen LogP contribution in [-0.2, 0) is 0 Å². The third kappa shape index (κ3) is 4.91. The Morgan fingerprint density at radius 1 is 0.333 bits per heavy atom. The predicted molar refractivity (Wildman–Crippen MR) is 160 cm³/mol. The van der Waals surface area contributed by atoms with Gasteiger partial charge in [0, 0.05) is 0 Å². The van der Waals surface area contributed by atoms with Crippen LogP contribution in [0.1, 0.15) is 76.0 Å². The van der Waals surface area contributed by atoms with E-state index in [0.717, 1.165) is 0 Å². The van der Waals surface area contributed by atoms with Crippen molar-refractivity contribution in [2.45, 2.75) is 59.3 Å². The van der Waals surface area contributed by atoms with Crippen LogP contribution in [0.2, 0.25) is 0 Å². The fourth-order valence-corrected chi connectivity index (χ4v) is 5.72. The zero-order chi connectivity index (χ0) is 31.4. The largest absolute Gasteiger partial charge is 0.504 e. The molecular weight excluding hydrogens is 540 g/mol. The summed E-state index contributed by atoms with van der Waals surface area (Å²) in [5, 5.41) is 93.6. The molecule has 0 spiro atoms.